The van der Waals surface area contributed by atoms with Crippen LogP contribution in [0, 0.1) is 5.82 Å². The van der Waals surface area contributed by atoms with Gasteiger partial charge in [-0.25, -0.2) is 4.39 Å². The topological polar surface area (TPSA) is 59.2 Å². The Kier molecular flexibility index (Phi) is 4.79. The third-order valence-electron chi connectivity index (χ3n) is 4.56. The molecular weight excluding hydrogens is 353 g/mol. The van der Waals surface area contributed by atoms with Gasteiger partial charge in [-0.05, 0) is 42.0 Å². The van der Waals surface area contributed by atoms with E-state index in [-0.39, 0.29) is 24.1 Å². The number of carbonyl (C=O) groups excluding carboxylic acids is 1. The first-order valence-electron chi connectivity index (χ1n) is 8.58. The maximum Gasteiger partial charge on any atom is 0.257 e. The van der Waals surface area contributed by atoms with Crippen molar-refractivity contribution >= 4 is 17.2 Å². The van der Waals surface area contributed by atoms with Gasteiger partial charge in [0.15, 0.2) is 0 Å². The second-order valence-electron chi connectivity index (χ2n) is 6.40. The summed E-state index contributed by atoms with van der Waals surface area (Å²) < 4.78 is 18.8. The molecule has 7 heteroatoms. The largest absolute Gasteiger partial charge is 0.420 e. The van der Waals surface area contributed by atoms with Crippen molar-refractivity contribution in [3.05, 3.63) is 59.0 Å². The van der Waals surface area contributed by atoms with Crippen molar-refractivity contribution in [3.8, 4) is 10.8 Å². The van der Waals surface area contributed by atoms with E-state index in [9.17, 15) is 9.18 Å². The molecule has 1 aliphatic heterocycles. The van der Waals surface area contributed by atoms with Crippen molar-refractivity contribution in [2.24, 2.45) is 0 Å². The molecule has 0 saturated carbocycles. The van der Waals surface area contributed by atoms with Gasteiger partial charge in [-0.15, -0.1) is 21.5 Å². The molecule has 1 amide bonds. The summed E-state index contributed by atoms with van der Waals surface area (Å²) >= 11 is 1.56. The van der Waals surface area contributed by atoms with Crippen LogP contribution in [0.15, 0.2) is 46.2 Å². The number of nitrogens with zero attached hydrogens (tertiary/aromatic N) is 3. The fraction of sp³-hybridized carbons (Fsp3) is 0.316. The quantitative estimate of drug-likeness (QED) is 0.698. The zero-order valence-corrected chi connectivity index (χ0v) is 14.9. The molecular formula is C19H18FN3O2S. The van der Waals surface area contributed by atoms with Crippen LogP contribution in [0.5, 0.6) is 0 Å². The number of aromatic nitrogens is 2. The zero-order chi connectivity index (χ0) is 17.9. The normalized spacial score (nSPS) is 17.4. The first-order valence-corrected chi connectivity index (χ1v) is 9.46. The van der Waals surface area contributed by atoms with E-state index in [0.29, 0.717) is 18.3 Å². The number of hydrogen-bond acceptors (Lipinski definition) is 5. The van der Waals surface area contributed by atoms with Crippen molar-refractivity contribution in [3.63, 3.8) is 0 Å². The highest BCUT2D eigenvalue weighted by Gasteiger charge is 2.28. The number of likely N-dealkylation sites (tertiary alicyclic amines) is 1. The molecule has 134 valence electrons. The molecule has 1 atom stereocenters. The van der Waals surface area contributed by atoms with E-state index in [2.05, 4.69) is 10.2 Å². The van der Waals surface area contributed by atoms with Gasteiger partial charge < -0.3 is 9.32 Å². The Labute approximate surface area is 154 Å². The maximum absolute atomic E-state index is 13.0. The van der Waals surface area contributed by atoms with E-state index in [1.54, 1.807) is 23.5 Å². The molecule has 0 spiro atoms. The van der Waals surface area contributed by atoms with Crippen molar-refractivity contribution in [2.45, 2.75) is 25.2 Å². The maximum atomic E-state index is 13.0. The van der Waals surface area contributed by atoms with Crippen LogP contribution in [0.25, 0.3) is 10.8 Å². The molecule has 0 radical (unpaired) electrons. The average molecular weight is 371 g/mol. The number of amides is 1. The lowest BCUT2D eigenvalue weighted by atomic mass is 9.97. The molecule has 0 bridgehead atoms. The minimum Gasteiger partial charge on any atom is -0.420 e. The van der Waals surface area contributed by atoms with E-state index < -0.39 is 0 Å². The lowest BCUT2D eigenvalue weighted by molar-refractivity contribution is -0.131. The van der Waals surface area contributed by atoms with Crippen LogP contribution in [0.3, 0.4) is 0 Å². The summed E-state index contributed by atoms with van der Waals surface area (Å²) in [4.78, 5) is 15.4. The number of hydrogen-bond donors (Lipinski definition) is 0. The van der Waals surface area contributed by atoms with Crippen LogP contribution in [0.2, 0.25) is 0 Å². The summed E-state index contributed by atoms with van der Waals surface area (Å²) in [7, 11) is 0. The Morgan fingerprint density at radius 1 is 1.27 bits per heavy atom. The number of benzene rings is 1. The van der Waals surface area contributed by atoms with Crippen LogP contribution in [0.1, 0.15) is 30.2 Å². The van der Waals surface area contributed by atoms with E-state index in [0.717, 1.165) is 29.8 Å². The summed E-state index contributed by atoms with van der Waals surface area (Å²) in [6.45, 7) is 1.30. The van der Waals surface area contributed by atoms with Gasteiger partial charge in [0.25, 0.3) is 5.89 Å². The van der Waals surface area contributed by atoms with Gasteiger partial charge in [0, 0.05) is 13.1 Å². The monoisotopic (exact) mass is 371 g/mol. The predicted molar refractivity (Wildman–Crippen MR) is 96.3 cm³/mol. The van der Waals surface area contributed by atoms with Crippen molar-refractivity contribution < 1.29 is 13.6 Å². The lowest BCUT2D eigenvalue weighted by Crippen LogP contribution is -2.40. The minimum atomic E-state index is -0.294. The van der Waals surface area contributed by atoms with Gasteiger partial charge in [-0.3, -0.25) is 4.79 Å². The first-order chi connectivity index (χ1) is 12.7. The summed E-state index contributed by atoms with van der Waals surface area (Å²) in [5, 5.41) is 10.3. The van der Waals surface area contributed by atoms with Gasteiger partial charge in [-0.1, -0.05) is 18.2 Å². The van der Waals surface area contributed by atoms with Crippen LogP contribution in [0.4, 0.5) is 4.39 Å². The third kappa shape index (κ3) is 3.67. The fourth-order valence-electron chi connectivity index (χ4n) is 3.19. The summed E-state index contributed by atoms with van der Waals surface area (Å²) in [6, 6.07) is 9.96. The van der Waals surface area contributed by atoms with Crippen LogP contribution >= 0.6 is 11.3 Å². The van der Waals surface area contributed by atoms with Gasteiger partial charge in [0.2, 0.25) is 11.8 Å². The standard InChI is InChI=1S/C19H18FN3O2S/c20-15-7-5-13(6-8-15)11-17(24)23-9-1-3-14(12-23)18-21-22-19(25-18)16-4-2-10-26-16/h2,4-8,10,14H,1,3,9,11-12H2/t14-/m1/s1. The molecule has 1 aliphatic rings. The number of carbonyl (C=O) groups is 1. The third-order valence-corrected chi connectivity index (χ3v) is 5.42. The Hall–Kier alpha value is -2.54. The van der Waals surface area contributed by atoms with E-state index >= 15 is 0 Å². The lowest BCUT2D eigenvalue weighted by Gasteiger charge is -2.31. The zero-order valence-electron chi connectivity index (χ0n) is 14.1. The molecule has 2 aromatic heterocycles. The summed E-state index contributed by atoms with van der Waals surface area (Å²) in [5.74, 6) is 0.927. The van der Waals surface area contributed by atoms with Gasteiger partial charge >= 0.3 is 0 Å². The minimum absolute atomic E-state index is 0.0410. The van der Waals surface area contributed by atoms with Gasteiger partial charge in [0.1, 0.15) is 5.82 Å². The highest BCUT2D eigenvalue weighted by atomic mass is 32.1. The number of thiophene rings is 1. The molecule has 26 heavy (non-hydrogen) atoms. The number of piperidine rings is 1. The Bertz CT molecular complexity index is 877. The molecule has 0 aliphatic carbocycles. The van der Waals surface area contributed by atoms with Gasteiger partial charge in [0.05, 0.1) is 17.2 Å². The summed E-state index contributed by atoms with van der Waals surface area (Å²) in [5.41, 5.74) is 0.816. The second-order valence-corrected chi connectivity index (χ2v) is 7.35. The SMILES string of the molecule is O=C(Cc1ccc(F)cc1)N1CCC[C@@H](c2nnc(-c3cccs3)o2)C1. The highest BCUT2D eigenvalue weighted by molar-refractivity contribution is 7.13. The Balaban J connectivity index is 1.42. The molecule has 1 fully saturated rings. The molecule has 0 unspecified atom stereocenters. The van der Waals surface area contributed by atoms with Crippen LogP contribution in [-0.2, 0) is 11.2 Å². The molecule has 3 aromatic rings. The van der Waals surface area contributed by atoms with Crippen molar-refractivity contribution in [1.82, 2.24) is 15.1 Å². The Morgan fingerprint density at radius 3 is 2.88 bits per heavy atom. The predicted octanol–water partition coefficient (Wildman–Crippen LogP) is 3.89. The number of halogens is 1. The molecule has 5 nitrogen and oxygen atoms in total. The number of rotatable bonds is 4. The van der Waals surface area contributed by atoms with Crippen LogP contribution in [-0.4, -0.2) is 34.1 Å². The first kappa shape index (κ1) is 16.9. The van der Waals surface area contributed by atoms with Crippen molar-refractivity contribution in [2.75, 3.05) is 13.1 Å². The van der Waals surface area contributed by atoms with Gasteiger partial charge in [-0.2, -0.15) is 0 Å². The van der Waals surface area contributed by atoms with E-state index in [1.807, 2.05) is 22.4 Å². The van der Waals surface area contributed by atoms with Crippen LogP contribution < -0.4 is 0 Å². The van der Waals surface area contributed by atoms with E-state index in [4.69, 9.17) is 4.42 Å². The fourth-order valence-corrected chi connectivity index (χ4v) is 3.84. The second kappa shape index (κ2) is 7.37. The Morgan fingerprint density at radius 2 is 2.12 bits per heavy atom. The van der Waals surface area contributed by atoms with Crippen molar-refractivity contribution in [1.29, 1.82) is 0 Å². The molecule has 1 aromatic carbocycles. The highest BCUT2D eigenvalue weighted by Crippen LogP contribution is 2.30. The smallest absolute Gasteiger partial charge is 0.257 e. The van der Waals surface area contributed by atoms with E-state index in [1.165, 1.54) is 12.1 Å². The summed E-state index contributed by atoms with van der Waals surface area (Å²) in [6.07, 6.45) is 2.10. The molecule has 4 rings (SSSR count). The molecule has 1 saturated heterocycles. The average Bonchev–Trinajstić information content (AvgIpc) is 3.35. The molecule has 0 N–H and O–H groups in total. The molecule has 3 heterocycles.